The maximum absolute atomic E-state index is 11.6. The SMILES string of the molecule is CN(CCO)CC(=O)Nc1cc(Cl)ccc1Cl. The van der Waals surface area contributed by atoms with Crippen LogP contribution < -0.4 is 5.32 Å². The summed E-state index contributed by atoms with van der Waals surface area (Å²) in [6.07, 6.45) is 0. The molecule has 0 unspecified atom stereocenters. The van der Waals surface area contributed by atoms with Crippen LogP contribution in [0.15, 0.2) is 18.2 Å². The average molecular weight is 277 g/mol. The molecular formula is C11H14Cl2N2O2. The molecule has 4 nitrogen and oxygen atoms in total. The third kappa shape index (κ3) is 4.91. The van der Waals surface area contributed by atoms with E-state index < -0.39 is 0 Å². The van der Waals surface area contributed by atoms with Gasteiger partial charge >= 0.3 is 0 Å². The second-order valence-electron chi connectivity index (χ2n) is 3.63. The number of nitrogens with zero attached hydrogens (tertiary/aromatic N) is 1. The van der Waals surface area contributed by atoms with E-state index in [1.165, 1.54) is 0 Å². The predicted octanol–water partition coefficient (Wildman–Crippen LogP) is 1.86. The van der Waals surface area contributed by atoms with Crippen LogP contribution in [0.1, 0.15) is 0 Å². The normalized spacial score (nSPS) is 10.6. The van der Waals surface area contributed by atoms with E-state index in [1.54, 1.807) is 30.1 Å². The fraction of sp³-hybridized carbons (Fsp3) is 0.364. The average Bonchev–Trinajstić information content (AvgIpc) is 2.23. The Labute approximate surface area is 110 Å². The van der Waals surface area contributed by atoms with E-state index in [9.17, 15) is 4.79 Å². The van der Waals surface area contributed by atoms with Crippen molar-refractivity contribution in [2.45, 2.75) is 0 Å². The van der Waals surface area contributed by atoms with Gasteiger partial charge in [0, 0.05) is 11.6 Å². The van der Waals surface area contributed by atoms with Gasteiger partial charge in [0.25, 0.3) is 0 Å². The molecule has 1 aromatic carbocycles. The van der Waals surface area contributed by atoms with Crippen molar-refractivity contribution in [1.29, 1.82) is 0 Å². The number of carbonyl (C=O) groups is 1. The van der Waals surface area contributed by atoms with Crippen molar-refractivity contribution in [3.05, 3.63) is 28.2 Å². The summed E-state index contributed by atoms with van der Waals surface area (Å²) >= 11 is 11.7. The highest BCUT2D eigenvalue weighted by atomic mass is 35.5. The standard InChI is InChI=1S/C11H14Cl2N2O2/c1-15(4-5-16)7-11(17)14-10-6-8(12)2-3-9(10)13/h2-3,6,16H,4-5,7H2,1H3,(H,14,17). The maximum Gasteiger partial charge on any atom is 0.238 e. The minimum Gasteiger partial charge on any atom is -0.395 e. The largest absolute Gasteiger partial charge is 0.395 e. The second-order valence-corrected chi connectivity index (χ2v) is 4.48. The Balaban J connectivity index is 2.58. The number of benzene rings is 1. The van der Waals surface area contributed by atoms with Crippen molar-refractivity contribution < 1.29 is 9.90 Å². The minimum absolute atomic E-state index is 0.0156. The van der Waals surface area contributed by atoms with E-state index in [1.807, 2.05) is 0 Å². The van der Waals surface area contributed by atoms with Crippen LogP contribution in [0.4, 0.5) is 5.69 Å². The zero-order valence-electron chi connectivity index (χ0n) is 9.41. The third-order valence-electron chi connectivity index (χ3n) is 2.10. The number of likely N-dealkylation sites (N-methyl/N-ethyl adjacent to an activating group) is 1. The molecule has 17 heavy (non-hydrogen) atoms. The van der Waals surface area contributed by atoms with Gasteiger partial charge in [-0.25, -0.2) is 0 Å². The number of hydrogen-bond donors (Lipinski definition) is 2. The van der Waals surface area contributed by atoms with Crippen LogP contribution in [0.25, 0.3) is 0 Å². The first-order valence-electron chi connectivity index (χ1n) is 5.07. The van der Waals surface area contributed by atoms with Crippen molar-refractivity contribution >= 4 is 34.8 Å². The Morgan fingerprint density at radius 3 is 2.82 bits per heavy atom. The lowest BCUT2D eigenvalue weighted by atomic mass is 10.3. The van der Waals surface area contributed by atoms with Gasteiger partial charge in [-0.05, 0) is 25.2 Å². The number of anilines is 1. The monoisotopic (exact) mass is 276 g/mol. The van der Waals surface area contributed by atoms with E-state index in [-0.39, 0.29) is 19.1 Å². The van der Waals surface area contributed by atoms with Crippen molar-refractivity contribution in [2.75, 3.05) is 32.1 Å². The number of amides is 1. The first kappa shape index (κ1) is 14.3. The first-order chi connectivity index (χ1) is 8.02. The summed E-state index contributed by atoms with van der Waals surface area (Å²) < 4.78 is 0. The molecule has 0 spiro atoms. The van der Waals surface area contributed by atoms with Gasteiger partial charge in [-0.2, -0.15) is 0 Å². The second kappa shape index (κ2) is 6.81. The maximum atomic E-state index is 11.6. The summed E-state index contributed by atoms with van der Waals surface area (Å²) in [6.45, 7) is 0.641. The molecule has 0 heterocycles. The fourth-order valence-corrected chi connectivity index (χ4v) is 1.61. The number of carbonyl (C=O) groups excluding carboxylic acids is 1. The molecule has 0 saturated carbocycles. The van der Waals surface area contributed by atoms with Gasteiger partial charge in [0.1, 0.15) is 0 Å². The number of nitrogens with one attached hydrogen (secondary N) is 1. The molecular weight excluding hydrogens is 263 g/mol. The van der Waals surface area contributed by atoms with Crippen molar-refractivity contribution in [1.82, 2.24) is 4.90 Å². The molecule has 0 aliphatic rings. The molecule has 0 fully saturated rings. The summed E-state index contributed by atoms with van der Waals surface area (Å²) in [6, 6.07) is 4.86. The van der Waals surface area contributed by atoms with Crippen LogP contribution in [-0.4, -0.2) is 42.7 Å². The molecule has 1 aromatic rings. The molecule has 0 aliphatic heterocycles. The quantitative estimate of drug-likeness (QED) is 0.863. The molecule has 0 aromatic heterocycles. The van der Waals surface area contributed by atoms with E-state index >= 15 is 0 Å². The Morgan fingerprint density at radius 2 is 2.18 bits per heavy atom. The van der Waals surface area contributed by atoms with Gasteiger partial charge in [-0.15, -0.1) is 0 Å². The molecule has 0 saturated heterocycles. The van der Waals surface area contributed by atoms with Gasteiger partial charge in [-0.1, -0.05) is 23.2 Å². The zero-order chi connectivity index (χ0) is 12.8. The molecule has 2 N–H and O–H groups in total. The third-order valence-corrected chi connectivity index (χ3v) is 2.66. The van der Waals surface area contributed by atoms with Crippen LogP contribution in [0.2, 0.25) is 10.0 Å². The minimum atomic E-state index is -0.204. The van der Waals surface area contributed by atoms with Crippen LogP contribution in [-0.2, 0) is 4.79 Å². The van der Waals surface area contributed by atoms with E-state index in [0.717, 1.165) is 0 Å². The van der Waals surface area contributed by atoms with Crippen molar-refractivity contribution in [3.8, 4) is 0 Å². The summed E-state index contributed by atoms with van der Waals surface area (Å²) in [4.78, 5) is 13.3. The van der Waals surface area contributed by atoms with Crippen molar-refractivity contribution in [2.24, 2.45) is 0 Å². The molecule has 0 radical (unpaired) electrons. The first-order valence-corrected chi connectivity index (χ1v) is 5.83. The Hall–Kier alpha value is -0.810. The Kier molecular flexibility index (Phi) is 5.71. The van der Waals surface area contributed by atoms with E-state index in [4.69, 9.17) is 28.3 Å². The van der Waals surface area contributed by atoms with Gasteiger partial charge in [0.2, 0.25) is 5.91 Å². The molecule has 1 amide bonds. The lowest BCUT2D eigenvalue weighted by Gasteiger charge is -2.15. The Bertz CT molecular complexity index is 399. The molecule has 6 heteroatoms. The predicted molar refractivity (Wildman–Crippen MR) is 69.7 cm³/mol. The van der Waals surface area contributed by atoms with Gasteiger partial charge in [0.15, 0.2) is 0 Å². The molecule has 0 bridgehead atoms. The van der Waals surface area contributed by atoms with E-state index in [0.29, 0.717) is 22.3 Å². The van der Waals surface area contributed by atoms with Crippen LogP contribution >= 0.6 is 23.2 Å². The van der Waals surface area contributed by atoms with Crippen molar-refractivity contribution in [3.63, 3.8) is 0 Å². The highest BCUT2D eigenvalue weighted by molar-refractivity contribution is 6.35. The summed E-state index contributed by atoms with van der Waals surface area (Å²) in [7, 11) is 1.75. The van der Waals surface area contributed by atoms with Gasteiger partial charge in [-0.3, -0.25) is 9.69 Å². The number of hydrogen-bond acceptors (Lipinski definition) is 3. The fourth-order valence-electron chi connectivity index (χ4n) is 1.28. The summed E-state index contributed by atoms with van der Waals surface area (Å²) in [5.74, 6) is -0.204. The summed E-state index contributed by atoms with van der Waals surface area (Å²) in [5.41, 5.74) is 0.488. The smallest absolute Gasteiger partial charge is 0.238 e. The molecule has 0 atom stereocenters. The molecule has 1 rings (SSSR count). The summed E-state index contributed by atoms with van der Waals surface area (Å²) in [5, 5.41) is 12.3. The van der Waals surface area contributed by atoms with Gasteiger partial charge in [0.05, 0.1) is 23.9 Å². The zero-order valence-corrected chi connectivity index (χ0v) is 10.9. The topological polar surface area (TPSA) is 52.6 Å². The molecule has 94 valence electrons. The number of halogens is 2. The van der Waals surface area contributed by atoms with Crippen LogP contribution in [0.3, 0.4) is 0 Å². The highest BCUT2D eigenvalue weighted by Gasteiger charge is 2.08. The van der Waals surface area contributed by atoms with E-state index in [2.05, 4.69) is 5.32 Å². The number of aliphatic hydroxyl groups excluding tert-OH is 1. The number of rotatable bonds is 5. The highest BCUT2D eigenvalue weighted by Crippen LogP contribution is 2.25. The lowest BCUT2D eigenvalue weighted by molar-refractivity contribution is -0.117. The lowest BCUT2D eigenvalue weighted by Crippen LogP contribution is -2.32. The van der Waals surface area contributed by atoms with Gasteiger partial charge < -0.3 is 10.4 Å². The molecule has 0 aliphatic carbocycles. The Morgan fingerprint density at radius 1 is 1.47 bits per heavy atom. The van der Waals surface area contributed by atoms with Crippen LogP contribution in [0.5, 0.6) is 0 Å². The van der Waals surface area contributed by atoms with Crippen LogP contribution in [0, 0.1) is 0 Å². The number of aliphatic hydroxyl groups is 1.